The number of ketones is 1. The zero-order chi connectivity index (χ0) is 28.4. The maximum absolute atomic E-state index is 14.9. The molecule has 1 aliphatic rings. The van der Waals surface area contributed by atoms with Crippen molar-refractivity contribution in [3.8, 4) is 0 Å². The highest BCUT2D eigenvalue weighted by molar-refractivity contribution is 7.90. The first-order valence-corrected chi connectivity index (χ1v) is 13.8. The molecule has 2 heterocycles. The average molecular weight is 563 g/mol. The van der Waals surface area contributed by atoms with E-state index in [1.165, 1.54) is 29.2 Å². The lowest BCUT2D eigenvalue weighted by atomic mass is 10.0. The molecule has 12 heteroatoms. The van der Waals surface area contributed by atoms with Crippen LogP contribution in [0.25, 0.3) is 10.9 Å². The number of fused-ring (bicyclic) bond motifs is 1. The Balaban J connectivity index is 1.33. The summed E-state index contributed by atoms with van der Waals surface area (Å²) >= 11 is 0. The largest absolute Gasteiger partial charge is 0.360 e. The zero-order valence-corrected chi connectivity index (χ0v) is 21.8. The molecular formula is C28H23FN4O6S. The number of aromatic nitrogens is 1. The van der Waals surface area contributed by atoms with Gasteiger partial charge in [0.1, 0.15) is 5.82 Å². The first-order valence-electron chi connectivity index (χ1n) is 12.3. The molecule has 10 nitrogen and oxygen atoms in total. The summed E-state index contributed by atoms with van der Waals surface area (Å²) in [6, 6.07) is 17.9. The number of aromatic amines is 1. The number of hydrogen-bond acceptors (Lipinski definition) is 6. The fourth-order valence-electron chi connectivity index (χ4n) is 4.55. The van der Waals surface area contributed by atoms with Crippen LogP contribution in [0, 0.1) is 5.82 Å². The summed E-state index contributed by atoms with van der Waals surface area (Å²) in [7, 11) is -4.22. The van der Waals surface area contributed by atoms with Gasteiger partial charge in [-0.3, -0.25) is 19.2 Å². The third-order valence-electron chi connectivity index (χ3n) is 6.62. The van der Waals surface area contributed by atoms with E-state index >= 15 is 0 Å². The summed E-state index contributed by atoms with van der Waals surface area (Å²) in [5, 5.41) is -0.305. The molecule has 1 aliphatic heterocycles. The van der Waals surface area contributed by atoms with Crippen LogP contribution in [0.15, 0.2) is 83.9 Å². The predicted octanol–water partition coefficient (Wildman–Crippen LogP) is 2.59. The fourth-order valence-corrected chi connectivity index (χ4v) is 5.53. The Morgan fingerprint density at radius 1 is 0.775 bits per heavy atom. The van der Waals surface area contributed by atoms with Gasteiger partial charge in [0.2, 0.25) is 0 Å². The maximum Gasteiger partial charge on any atom is 0.295 e. The molecule has 5 rings (SSSR count). The molecule has 4 aromatic rings. The first kappa shape index (κ1) is 26.8. The molecule has 1 fully saturated rings. The number of halogens is 1. The van der Waals surface area contributed by atoms with Crippen molar-refractivity contribution in [1.29, 1.82) is 0 Å². The van der Waals surface area contributed by atoms with Crippen molar-refractivity contribution in [3.63, 3.8) is 0 Å². The normalized spacial score (nSPS) is 13.7. The molecule has 1 saturated heterocycles. The second-order valence-corrected chi connectivity index (χ2v) is 10.8. The van der Waals surface area contributed by atoms with Gasteiger partial charge in [-0.25, -0.2) is 17.5 Å². The summed E-state index contributed by atoms with van der Waals surface area (Å²) in [6.45, 7) is 0.655. The number of nitrogens with one attached hydrogen (secondary N) is 2. The summed E-state index contributed by atoms with van der Waals surface area (Å²) in [6.07, 6.45) is 1.12. The highest BCUT2D eigenvalue weighted by atomic mass is 32.2. The lowest BCUT2D eigenvalue weighted by molar-refractivity contribution is -0.127. The number of rotatable bonds is 6. The van der Waals surface area contributed by atoms with E-state index in [4.69, 9.17) is 0 Å². The van der Waals surface area contributed by atoms with E-state index in [-0.39, 0.29) is 59.0 Å². The Morgan fingerprint density at radius 3 is 2.02 bits per heavy atom. The number of amides is 3. The minimum Gasteiger partial charge on any atom is -0.360 e. The van der Waals surface area contributed by atoms with Crippen LogP contribution in [0.3, 0.4) is 0 Å². The lowest BCUT2D eigenvalue weighted by Gasteiger charge is -2.34. The molecule has 0 atom stereocenters. The van der Waals surface area contributed by atoms with Gasteiger partial charge in [0.05, 0.1) is 21.5 Å². The number of sulfonamides is 1. The van der Waals surface area contributed by atoms with Crippen LogP contribution >= 0.6 is 0 Å². The highest BCUT2D eigenvalue weighted by Gasteiger charge is 2.31. The summed E-state index contributed by atoms with van der Waals surface area (Å²) in [5.41, 5.74) is -0.129. The second kappa shape index (κ2) is 10.7. The number of carbonyl (C=O) groups excluding carboxylic acids is 4. The molecule has 0 spiro atoms. The highest BCUT2D eigenvalue weighted by Crippen LogP contribution is 2.26. The van der Waals surface area contributed by atoms with Crippen molar-refractivity contribution in [2.45, 2.75) is 4.90 Å². The number of hydrogen-bond donors (Lipinski definition) is 2. The second-order valence-electron chi connectivity index (χ2n) is 9.07. The van der Waals surface area contributed by atoms with Gasteiger partial charge >= 0.3 is 0 Å². The summed E-state index contributed by atoms with van der Waals surface area (Å²) < 4.78 is 42.0. The molecule has 0 radical (unpaired) electrons. The van der Waals surface area contributed by atoms with E-state index in [9.17, 15) is 32.0 Å². The summed E-state index contributed by atoms with van der Waals surface area (Å²) in [5.74, 6) is -3.97. The van der Waals surface area contributed by atoms with Gasteiger partial charge in [0.15, 0.2) is 0 Å². The van der Waals surface area contributed by atoms with Crippen LogP contribution in [0.5, 0.6) is 0 Å². The molecule has 0 aliphatic carbocycles. The van der Waals surface area contributed by atoms with Crippen LogP contribution in [0.2, 0.25) is 0 Å². The third-order valence-corrected chi connectivity index (χ3v) is 7.97. The van der Waals surface area contributed by atoms with E-state index in [2.05, 4.69) is 4.98 Å². The molecule has 0 unspecified atom stereocenters. The van der Waals surface area contributed by atoms with Crippen molar-refractivity contribution in [2.75, 3.05) is 26.2 Å². The molecule has 40 heavy (non-hydrogen) atoms. The van der Waals surface area contributed by atoms with Crippen LogP contribution < -0.4 is 4.72 Å². The van der Waals surface area contributed by atoms with Gasteiger partial charge in [-0.15, -0.1) is 0 Å². The Labute approximate surface area is 228 Å². The Kier molecular flexibility index (Phi) is 7.18. The smallest absolute Gasteiger partial charge is 0.295 e. The number of piperazine rings is 1. The van der Waals surface area contributed by atoms with Crippen LogP contribution in [-0.2, 0) is 14.8 Å². The lowest BCUT2D eigenvalue weighted by Crippen LogP contribution is -2.52. The first-order chi connectivity index (χ1) is 19.2. The fraction of sp³-hybridized carbons (Fsp3) is 0.143. The molecular weight excluding hydrogens is 539 g/mol. The Morgan fingerprint density at radius 2 is 1.38 bits per heavy atom. The monoisotopic (exact) mass is 562 g/mol. The van der Waals surface area contributed by atoms with Crippen molar-refractivity contribution in [2.24, 2.45) is 0 Å². The van der Waals surface area contributed by atoms with Crippen molar-refractivity contribution in [3.05, 3.63) is 102 Å². The van der Waals surface area contributed by atoms with E-state index in [0.29, 0.717) is 5.56 Å². The van der Waals surface area contributed by atoms with Gasteiger partial charge in [0, 0.05) is 43.3 Å². The van der Waals surface area contributed by atoms with Crippen LogP contribution in [-0.4, -0.2) is 72.9 Å². The SMILES string of the molecule is O=C(NS(=O)(=O)c1ccccc1)c1ccc(F)c2c(C(=O)C(=O)N3CCN(C(=O)c4ccccc4)CC3)c[nH]c12. The quantitative estimate of drug-likeness (QED) is 0.274. The van der Waals surface area contributed by atoms with Gasteiger partial charge in [-0.2, -0.15) is 0 Å². The standard InChI is InChI=1S/C28H23FN4O6S/c29-22-12-11-20(26(35)31-40(38,39)19-9-5-2-6-10-19)24-23(22)21(17-30-24)25(34)28(37)33-15-13-32(14-16-33)27(36)18-7-3-1-4-8-18/h1-12,17,30H,13-16H2,(H,31,35). The van der Waals surface area contributed by atoms with E-state index in [0.717, 1.165) is 18.3 Å². The topological polar surface area (TPSA) is 137 Å². The third kappa shape index (κ3) is 5.08. The number of carbonyl (C=O) groups is 4. The number of Topliss-reactive ketones (excluding diaryl/α,β-unsaturated/α-hetero) is 1. The summed E-state index contributed by atoms with van der Waals surface area (Å²) in [4.78, 5) is 57.1. The molecule has 3 amide bonds. The van der Waals surface area contributed by atoms with E-state index in [1.807, 2.05) is 4.72 Å². The van der Waals surface area contributed by atoms with Gasteiger partial charge in [-0.1, -0.05) is 36.4 Å². The molecule has 3 aromatic carbocycles. The predicted molar refractivity (Wildman–Crippen MR) is 143 cm³/mol. The van der Waals surface area contributed by atoms with Crippen molar-refractivity contribution in [1.82, 2.24) is 19.5 Å². The van der Waals surface area contributed by atoms with Gasteiger partial charge in [0.25, 0.3) is 33.5 Å². The molecule has 0 bridgehead atoms. The number of H-pyrrole nitrogens is 1. The van der Waals surface area contributed by atoms with E-state index < -0.39 is 33.4 Å². The van der Waals surface area contributed by atoms with Gasteiger partial charge < -0.3 is 14.8 Å². The molecule has 1 aromatic heterocycles. The molecule has 204 valence electrons. The Bertz CT molecular complexity index is 1730. The van der Waals surface area contributed by atoms with Crippen LogP contribution in [0.1, 0.15) is 31.1 Å². The average Bonchev–Trinajstić information content (AvgIpc) is 3.43. The number of nitrogens with zero attached hydrogens (tertiary/aromatic N) is 2. The van der Waals surface area contributed by atoms with Gasteiger partial charge in [-0.05, 0) is 36.4 Å². The van der Waals surface area contributed by atoms with Crippen molar-refractivity contribution < 1.29 is 32.0 Å². The maximum atomic E-state index is 14.9. The minimum atomic E-state index is -4.22. The minimum absolute atomic E-state index is 0.110. The number of benzene rings is 3. The molecule has 0 saturated carbocycles. The van der Waals surface area contributed by atoms with Crippen LogP contribution in [0.4, 0.5) is 4.39 Å². The zero-order valence-electron chi connectivity index (χ0n) is 21.0. The van der Waals surface area contributed by atoms with Crippen molar-refractivity contribution >= 4 is 44.4 Å². The molecule has 2 N–H and O–H groups in total. The Hall–Kier alpha value is -4.84. The van der Waals surface area contributed by atoms with E-state index in [1.54, 1.807) is 41.3 Å².